The van der Waals surface area contributed by atoms with Crippen LogP contribution in [0.4, 0.5) is 0 Å². The quantitative estimate of drug-likeness (QED) is 0.776. The van der Waals surface area contributed by atoms with E-state index >= 15 is 0 Å². The number of hydrogen-bond acceptors (Lipinski definition) is 2. The summed E-state index contributed by atoms with van der Waals surface area (Å²) in [6, 6.07) is 0.810. The first kappa shape index (κ1) is 16.3. The lowest BCUT2D eigenvalue weighted by atomic mass is 9.79. The van der Waals surface area contributed by atoms with Gasteiger partial charge in [0.1, 0.15) is 0 Å². The van der Waals surface area contributed by atoms with Crippen molar-refractivity contribution in [2.75, 3.05) is 19.6 Å². The molecule has 1 atom stereocenters. The third-order valence-corrected chi connectivity index (χ3v) is 5.39. The molecular formula is C18H36N2. The molecule has 0 spiro atoms. The van der Waals surface area contributed by atoms with E-state index < -0.39 is 0 Å². The molecule has 1 unspecified atom stereocenters. The van der Waals surface area contributed by atoms with Crippen LogP contribution in [0.5, 0.6) is 0 Å². The van der Waals surface area contributed by atoms with Gasteiger partial charge in [-0.3, -0.25) is 0 Å². The molecule has 2 heteroatoms. The highest BCUT2D eigenvalue weighted by molar-refractivity contribution is 4.91. The second-order valence-corrected chi connectivity index (χ2v) is 8.48. The van der Waals surface area contributed by atoms with Crippen molar-refractivity contribution in [3.05, 3.63) is 0 Å². The summed E-state index contributed by atoms with van der Waals surface area (Å²) >= 11 is 0. The summed E-state index contributed by atoms with van der Waals surface area (Å²) in [7, 11) is 0. The zero-order chi connectivity index (χ0) is 14.6. The Morgan fingerprint density at radius 2 is 1.70 bits per heavy atom. The fourth-order valence-corrected chi connectivity index (χ4v) is 3.98. The summed E-state index contributed by atoms with van der Waals surface area (Å²) in [5.74, 6) is 0. The lowest BCUT2D eigenvalue weighted by Crippen LogP contribution is -2.49. The summed E-state index contributed by atoms with van der Waals surface area (Å²) in [6.07, 6.45) is 11.5. The van der Waals surface area contributed by atoms with E-state index in [4.69, 9.17) is 0 Å². The second kappa shape index (κ2) is 6.79. The molecule has 1 saturated heterocycles. The molecule has 0 amide bonds. The molecule has 2 rings (SSSR count). The van der Waals surface area contributed by atoms with Gasteiger partial charge in [-0.25, -0.2) is 0 Å². The first-order chi connectivity index (χ1) is 9.40. The summed E-state index contributed by atoms with van der Waals surface area (Å²) in [6.45, 7) is 13.2. The summed E-state index contributed by atoms with van der Waals surface area (Å²) in [5.41, 5.74) is 0.776. The predicted molar refractivity (Wildman–Crippen MR) is 88.2 cm³/mol. The fraction of sp³-hybridized carbons (Fsp3) is 1.00. The van der Waals surface area contributed by atoms with E-state index in [1.807, 2.05) is 0 Å². The molecule has 20 heavy (non-hydrogen) atoms. The van der Waals surface area contributed by atoms with Crippen molar-refractivity contribution in [1.82, 2.24) is 10.2 Å². The molecule has 1 aliphatic heterocycles. The molecule has 1 N–H and O–H groups in total. The second-order valence-electron chi connectivity index (χ2n) is 8.48. The van der Waals surface area contributed by atoms with Crippen LogP contribution < -0.4 is 5.32 Å². The van der Waals surface area contributed by atoms with Gasteiger partial charge < -0.3 is 10.2 Å². The molecule has 0 radical (unpaired) electrons. The van der Waals surface area contributed by atoms with Gasteiger partial charge in [-0.05, 0) is 65.3 Å². The van der Waals surface area contributed by atoms with Crippen molar-refractivity contribution in [3.63, 3.8) is 0 Å². The molecule has 1 heterocycles. The minimum atomic E-state index is 0.246. The maximum atomic E-state index is 3.82. The van der Waals surface area contributed by atoms with Gasteiger partial charge in [0.15, 0.2) is 0 Å². The molecular weight excluding hydrogens is 244 g/mol. The van der Waals surface area contributed by atoms with Gasteiger partial charge in [0.05, 0.1) is 0 Å². The minimum absolute atomic E-state index is 0.246. The van der Waals surface area contributed by atoms with Gasteiger partial charge in [0.2, 0.25) is 0 Å². The molecule has 0 bridgehead atoms. The third kappa shape index (κ3) is 4.73. The Morgan fingerprint density at radius 3 is 2.20 bits per heavy atom. The van der Waals surface area contributed by atoms with Gasteiger partial charge in [0.25, 0.3) is 0 Å². The van der Waals surface area contributed by atoms with Gasteiger partial charge in [-0.1, -0.05) is 25.7 Å². The predicted octanol–water partition coefficient (Wildman–Crippen LogP) is 4.20. The Bertz CT molecular complexity index is 284. The zero-order valence-electron chi connectivity index (χ0n) is 14.3. The molecule has 118 valence electrons. The largest absolute Gasteiger partial charge is 0.311 e. The van der Waals surface area contributed by atoms with Gasteiger partial charge >= 0.3 is 0 Å². The van der Waals surface area contributed by atoms with Crippen molar-refractivity contribution < 1.29 is 0 Å². The number of likely N-dealkylation sites (tertiary alicyclic amines) is 1. The maximum Gasteiger partial charge on any atom is 0.00967 e. The molecule has 0 aromatic rings. The normalized spacial score (nSPS) is 28.5. The summed E-state index contributed by atoms with van der Waals surface area (Å²) in [5, 5.41) is 3.82. The van der Waals surface area contributed by atoms with E-state index in [0.717, 1.165) is 6.04 Å². The first-order valence-corrected chi connectivity index (χ1v) is 8.89. The average molecular weight is 280 g/mol. The van der Waals surface area contributed by atoms with Crippen LogP contribution in [0.15, 0.2) is 0 Å². The lowest BCUT2D eigenvalue weighted by molar-refractivity contribution is 0.114. The van der Waals surface area contributed by atoms with E-state index in [1.54, 1.807) is 0 Å². The zero-order valence-corrected chi connectivity index (χ0v) is 14.3. The summed E-state index contributed by atoms with van der Waals surface area (Å²) < 4.78 is 0. The van der Waals surface area contributed by atoms with Crippen molar-refractivity contribution in [3.8, 4) is 0 Å². The first-order valence-electron chi connectivity index (χ1n) is 8.89. The molecule has 0 aromatic carbocycles. The topological polar surface area (TPSA) is 15.3 Å². The van der Waals surface area contributed by atoms with Crippen molar-refractivity contribution in [1.29, 1.82) is 0 Å². The Morgan fingerprint density at radius 1 is 1.05 bits per heavy atom. The van der Waals surface area contributed by atoms with Crippen LogP contribution in [0.3, 0.4) is 0 Å². The van der Waals surface area contributed by atoms with Crippen molar-refractivity contribution in [2.45, 2.75) is 90.6 Å². The Kier molecular flexibility index (Phi) is 5.53. The lowest BCUT2D eigenvalue weighted by Gasteiger charge is -2.40. The fourth-order valence-electron chi connectivity index (χ4n) is 3.98. The standard InChI is InChI=1S/C18H36N2/c1-16-10-9-13-20(16)15-18(14-19-17(2,3)4)11-7-5-6-8-12-18/h16,19H,5-15H2,1-4H3. The number of nitrogens with one attached hydrogen (secondary N) is 1. The van der Waals surface area contributed by atoms with Crippen LogP contribution in [0.2, 0.25) is 0 Å². The SMILES string of the molecule is CC1CCCN1CC1(CNC(C)(C)C)CCCCCC1. The van der Waals surface area contributed by atoms with Crippen LogP contribution in [0.25, 0.3) is 0 Å². The summed E-state index contributed by atoms with van der Waals surface area (Å²) in [4.78, 5) is 2.77. The molecule has 0 aromatic heterocycles. The molecule has 2 fully saturated rings. The van der Waals surface area contributed by atoms with Gasteiger partial charge in [-0.15, -0.1) is 0 Å². The highest BCUT2D eigenvalue weighted by atomic mass is 15.2. The Labute approximate surface area is 126 Å². The smallest absolute Gasteiger partial charge is 0.00967 e. The van der Waals surface area contributed by atoms with E-state index in [1.165, 1.54) is 71.0 Å². The molecule has 2 nitrogen and oxygen atoms in total. The molecule has 1 aliphatic carbocycles. The monoisotopic (exact) mass is 280 g/mol. The average Bonchev–Trinajstić information content (AvgIpc) is 2.64. The van der Waals surface area contributed by atoms with Crippen LogP contribution in [0.1, 0.15) is 79.1 Å². The molecule has 2 aliphatic rings. The third-order valence-electron chi connectivity index (χ3n) is 5.39. The molecule has 1 saturated carbocycles. The number of rotatable bonds is 4. The maximum absolute atomic E-state index is 3.82. The van der Waals surface area contributed by atoms with E-state index in [9.17, 15) is 0 Å². The van der Waals surface area contributed by atoms with E-state index in [-0.39, 0.29) is 5.54 Å². The van der Waals surface area contributed by atoms with Crippen molar-refractivity contribution in [2.24, 2.45) is 5.41 Å². The highest BCUT2D eigenvalue weighted by Crippen LogP contribution is 2.37. The highest BCUT2D eigenvalue weighted by Gasteiger charge is 2.36. The Hall–Kier alpha value is -0.0800. The number of hydrogen-bond donors (Lipinski definition) is 1. The van der Waals surface area contributed by atoms with Crippen LogP contribution in [-0.4, -0.2) is 36.1 Å². The van der Waals surface area contributed by atoms with Crippen LogP contribution in [0, 0.1) is 5.41 Å². The van der Waals surface area contributed by atoms with Crippen LogP contribution >= 0.6 is 0 Å². The van der Waals surface area contributed by atoms with Crippen molar-refractivity contribution >= 4 is 0 Å². The Balaban J connectivity index is 2.01. The minimum Gasteiger partial charge on any atom is -0.311 e. The van der Waals surface area contributed by atoms with Gasteiger partial charge in [0, 0.05) is 24.7 Å². The van der Waals surface area contributed by atoms with Crippen LogP contribution in [-0.2, 0) is 0 Å². The van der Waals surface area contributed by atoms with E-state index in [0.29, 0.717) is 5.41 Å². The van der Waals surface area contributed by atoms with Gasteiger partial charge in [-0.2, -0.15) is 0 Å². The van der Waals surface area contributed by atoms with E-state index in [2.05, 4.69) is 37.9 Å². The number of nitrogens with zero attached hydrogens (tertiary/aromatic N) is 1.